The van der Waals surface area contributed by atoms with Crippen molar-refractivity contribution >= 4 is 28.7 Å². The van der Waals surface area contributed by atoms with Gasteiger partial charge in [-0.25, -0.2) is 4.98 Å². The van der Waals surface area contributed by atoms with Crippen molar-refractivity contribution in [2.24, 2.45) is 0 Å². The van der Waals surface area contributed by atoms with E-state index in [-0.39, 0.29) is 11.4 Å². The number of aromatic nitrogens is 2. The summed E-state index contributed by atoms with van der Waals surface area (Å²) in [4.78, 5) is 19.8. The highest BCUT2D eigenvalue weighted by atomic mass is 32.2. The molecule has 5 nitrogen and oxygen atoms in total. The molecule has 0 unspecified atom stereocenters. The fraction of sp³-hybridized carbons (Fsp3) is 0.391. The molecule has 6 heteroatoms. The third kappa shape index (κ3) is 5.40. The van der Waals surface area contributed by atoms with Gasteiger partial charge in [0.2, 0.25) is 5.91 Å². The van der Waals surface area contributed by atoms with Gasteiger partial charge in [0.05, 0.1) is 23.4 Å². The van der Waals surface area contributed by atoms with Crippen molar-refractivity contribution < 1.29 is 9.53 Å². The van der Waals surface area contributed by atoms with Gasteiger partial charge in [0, 0.05) is 25.7 Å². The number of hydrogen-bond acceptors (Lipinski definition) is 4. The van der Waals surface area contributed by atoms with E-state index in [1.165, 1.54) is 11.8 Å². The molecule has 154 valence electrons. The Hall–Kier alpha value is -2.31. The Balaban J connectivity index is 1.77. The van der Waals surface area contributed by atoms with Crippen molar-refractivity contribution in [3.63, 3.8) is 0 Å². The number of carbonyl (C=O) groups is 1. The van der Waals surface area contributed by atoms with Crippen LogP contribution in [-0.4, -0.2) is 45.4 Å². The highest BCUT2D eigenvalue weighted by Gasteiger charge is 2.27. The van der Waals surface area contributed by atoms with E-state index in [1.807, 2.05) is 41.3 Å². The second-order valence-corrected chi connectivity index (χ2v) is 8.90. The Morgan fingerprint density at radius 3 is 2.48 bits per heavy atom. The maximum absolute atomic E-state index is 13.2. The molecule has 0 bridgehead atoms. The molecular weight excluding hydrogens is 382 g/mol. The molecule has 0 saturated heterocycles. The number of amides is 1. The third-order valence-electron chi connectivity index (χ3n) is 4.76. The van der Waals surface area contributed by atoms with E-state index in [4.69, 9.17) is 9.72 Å². The molecule has 1 amide bonds. The molecule has 1 heterocycles. The van der Waals surface area contributed by atoms with Gasteiger partial charge in [-0.05, 0) is 38.5 Å². The molecule has 0 radical (unpaired) electrons. The second kappa shape index (κ2) is 9.46. The monoisotopic (exact) mass is 411 g/mol. The van der Waals surface area contributed by atoms with Crippen LogP contribution in [0.25, 0.3) is 11.0 Å². The predicted molar refractivity (Wildman–Crippen MR) is 119 cm³/mol. The van der Waals surface area contributed by atoms with Gasteiger partial charge in [-0.1, -0.05) is 54.2 Å². The van der Waals surface area contributed by atoms with E-state index in [1.54, 1.807) is 7.11 Å². The van der Waals surface area contributed by atoms with Crippen LogP contribution in [0.1, 0.15) is 26.3 Å². The summed E-state index contributed by atoms with van der Waals surface area (Å²) in [6, 6.07) is 18.2. The van der Waals surface area contributed by atoms with Crippen LogP contribution in [0.2, 0.25) is 0 Å². The zero-order valence-corrected chi connectivity index (χ0v) is 18.4. The summed E-state index contributed by atoms with van der Waals surface area (Å²) in [5.74, 6) is 0.456. The summed E-state index contributed by atoms with van der Waals surface area (Å²) in [5, 5.41) is 0.852. The van der Waals surface area contributed by atoms with Gasteiger partial charge >= 0.3 is 0 Å². The molecule has 0 N–H and O–H groups in total. The largest absolute Gasteiger partial charge is 0.383 e. The number of hydrogen-bond donors (Lipinski definition) is 0. The van der Waals surface area contributed by atoms with E-state index in [0.717, 1.165) is 21.8 Å². The summed E-state index contributed by atoms with van der Waals surface area (Å²) >= 11 is 1.49. The summed E-state index contributed by atoms with van der Waals surface area (Å²) in [6.45, 7) is 8.14. The molecule has 2 aromatic carbocycles. The van der Waals surface area contributed by atoms with Gasteiger partial charge in [0.1, 0.15) is 0 Å². The Bertz CT molecular complexity index is 948. The third-order valence-corrected chi connectivity index (χ3v) is 5.72. The maximum Gasteiger partial charge on any atom is 0.233 e. The Morgan fingerprint density at radius 1 is 1.10 bits per heavy atom. The zero-order chi connectivity index (χ0) is 20.9. The van der Waals surface area contributed by atoms with Crippen molar-refractivity contribution in [1.29, 1.82) is 0 Å². The van der Waals surface area contributed by atoms with Crippen LogP contribution >= 0.6 is 11.8 Å². The molecule has 0 aliphatic rings. The van der Waals surface area contributed by atoms with Gasteiger partial charge in [-0.2, -0.15) is 0 Å². The molecule has 0 atom stereocenters. The fourth-order valence-electron chi connectivity index (χ4n) is 3.23. The molecule has 1 aromatic heterocycles. The lowest BCUT2D eigenvalue weighted by atomic mass is 10.0. The van der Waals surface area contributed by atoms with E-state index in [9.17, 15) is 4.79 Å². The number of para-hydroxylation sites is 2. The standard InChI is InChI=1S/C23H29N3O2S/c1-23(2,3)26(16-18-10-6-5-7-11-18)21(27)17-29-22-24-19-12-8-9-13-20(19)25(22)14-15-28-4/h5-13H,14-17H2,1-4H3. The zero-order valence-electron chi connectivity index (χ0n) is 17.6. The molecular formula is C23H29N3O2S. The first kappa shape index (κ1) is 21.4. The topological polar surface area (TPSA) is 47.4 Å². The summed E-state index contributed by atoms with van der Waals surface area (Å²) in [5.41, 5.74) is 2.88. The maximum atomic E-state index is 13.2. The lowest BCUT2D eigenvalue weighted by Gasteiger charge is -2.36. The van der Waals surface area contributed by atoms with E-state index >= 15 is 0 Å². The predicted octanol–water partition coefficient (Wildman–Crippen LogP) is 4.60. The van der Waals surface area contributed by atoms with E-state index in [0.29, 0.717) is 25.4 Å². The van der Waals surface area contributed by atoms with E-state index < -0.39 is 0 Å². The van der Waals surface area contributed by atoms with Crippen molar-refractivity contribution in [1.82, 2.24) is 14.5 Å². The average Bonchev–Trinajstić information content (AvgIpc) is 3.06. The number of thioether (sulfide) groups is 1. The van der Waals surface area contributed by atoms with Gasteiger partial charge in [-0.3, -0.25) is 4.79 Å². The van der Waals surface area contributed by atoms with Crippen LogP contribution in [-0.2, 0) is 22.6 Å². The van der Waals surface area contributed by atoms with Gasteiger partial charge in [0.15, 0.2) is 5.16 Å². The number of ether oxygens (including phenoxy) is 1. The number of fused-ring (bicyclic) bond motifs is 1. The minimum absolute atomic E-state index is 0.108. The molecule has 0 fully saturated rings. The van der Waals surface area contributed by atoms with E-state index in [2.05, 4.69) is 43.5 Å². The van der Waals surface area contributed by atoms with Crippen LogP contribution < -0.4 is 0 Å². The van der Waals surface area contributed by atoms with Crippen LogP contribution in [0.3, 0.4) is 0 Å². The van der Waals surface area contributed by atoms with Crippen LogP contribution in [0.4, 0.5) is 0 Å². The number of nitrogens with zero attached hydrogens (tertiary/aromatic N) is 3. The molecule has 0 aliphatic carbocycles. The Labute approximate surface area is 177 Å². The Kier molecular flexibility index (Phi) is 6.98. The van der Waals surface area contributed by atoms with Crippen LogP contribution in [0.5, 0.6) is 0 Å². The normalized spacial score (nSPS) is 11.7. The number of carbonyl (C=O) groups excluding carboxylic acids is 1. The summed E-state index contributed by atoms with van der Waals surface area (Å²) in [7, 11) is 1.69. The fourth-order valence-corrected chi connectivity index (χ4v) is 4.15. The van der Waals surface area contributed by atoms with Gasteiger partial charge < -0.3 is 14.2 Å². The van der Waals surface area contributed by atoms with Crippen molar-refractivity contribution in [3.05, 3.63) is 60.2 Å². The molecule has 29 heavy (non-hydrogen) atoms. The first-order valence-electron chi connectivity index (χ1n) is 9.81. The quantitative estimate of drug-likeness (QED) is 0.508. The van der Waals surface area contributed by atoms with Crippen molar-refractivity contribution in [2.45, 2.75) is 44.6 Å². The number of benzene rings is 2. The highest BCUT2D eigenvalue weighted by molar-refractivity contribution is 7.99. The average molecular weight is 412 g/mol. The minimum Gasteiger partial charge on any atom is -0.383 e. The molecule has 3 rings (SSSR count). The molecule has 0 saturated carbocycles. The van der Waals surface area contributed by atoms with Crippen molar-refractivity contribution in [3.8, 4) is 0 Å². The second-order valence-electron chi connectivity index (χ2n) is 7.95. The molecule has 0 aliphatic heterocycles. The first-order chi connectivity index (χ1) is 13.9. The highest BCUT2D eigenvalue weighted by Crippen LogP contribution is 2.26. The lowest BCUT2D eigenvalue weighted by Crippen LogP contribution is -2.45. The summed E-state index contributed by atoms with van der Waals surface area (Å²) in [6.07, 6.45) is 0. The number of methoxy groups -OCH3 is 1. The van der Waals surface area contributed by atoms with Crippen LogP contribution in [0.15, 0.2) is 59.8 Å². The lowest BCUT2D eigenvalue weighted by molar-refractivity contribution is -0.133. The Morgan fingerprint density at radius 2 is 1.79 bits per heavy atom. The van der Waals surface area contributed by atoms with Crippen LogP contribution in [0, 0.1) is 0 Å². The minimum atomic E-state index is -0.260. The molecule has 3 aromatic rings. The first-order valence-corrected chi connectivity index (χ1v) is 10.8. The van der Waals surface area contributed by atoms with Gasteiger partial charge in [0.25, 0.3) is 0 Å². The number of rotatable bonds is 8. The smallest absolute Gasteiger partial charge is 0.233 e. The van der Waals surface area contributed by atoms with Gasteiger partial charge in [-0.15, -0.1) is 0 Å². The SMILES string of the molecule is COCCn1c(SCC(=O)N(Cc2ccccc2)C(C)(C)C)nc2ccccc21. The summed E-state index contributed by atoms with van der Waals surface area (Å²) < 4.78 is 7.40. The molecule has 0 spiro atoms. The van der Waals surface area contributed by atoms with Crippen molar-refractivity contribution in [2.75, 3.05) is 19.5 Å². The number of imidazole rings is 1.